The third-order valence-corrected chi connectivity index (χ3v) is 10.3. The van der Waals surface area contributed by atoms with Crippen molar-refractivity contribution in [3.63, 3.8) is 0 Å². The fraction of sp³-hybridized carbons (Fsp3) is 0.292. The summed E-state index contributed by atoms with van der Waals surface area (Å²) in [5.41, 5.74) is 12.1. The van der Waals surface area contributed by atoms with E-state index in [0.717, 1.165) is 22.5 Å². The van der Waals surface area contributed by atoms with E-state index in [1.165, 1.54) is 44.2 Å². The molecule has 1 radical (unpaired) electrons. The fourth-order valence-corrected chi connectivity index (χ4v) is 7.86. The minimum Gasteiger partial charge on any atom is -0.456 e. The van der Waals surface area contributed by atoms with Crippen LogP contribution in [0.2, 0.25) is 0 Å². The van der Waals surface area contributed by atoms with Gasteiger partial charge in [0.25, 0.3) is 0 Å². The van der Waals surface area contributed by atoms with Gasteiger partial charge in [-0.3, -0.25) is 0 Å². The van der Waals surface area contributed by atoms with Gasteiger partial charge >= 0.3 is 0 Å². The monoisotopic (exact) mass is 891 g/mol. The molecule has 54 heavy (non-hydrogen) atoms. The maximum absolute atomic E-state index is 6.44. The molecular weight excluding hydrogens is 841 g/mol. The summed E-state index contributed by atoms with van der Waals surface area (Å²) in [7, 11) is 0. The fourth-order valence-electron chi connectivity index (χ4n) is 7.86. The summed E-state index contributed by atoms with van der Waals surface area (Å²) in [5.74, 6) is 1.67. The second-order valence-electron chi connectivity index (χ2n) is 15.2. The Morgan fingerprint density at radius 3 is 1.57 bits per heavy atom. The number of benzene rings is 5. The van der Waals surface area contributed by atoms with Crippen molar-refractivity contribution >= 4 is 33.3 Å². The van der Waals surface area contributed by atoms with Gasteiger partial charge in [-0.1, -0.05) is 113 Å². The van der Waals surface area contributed by atoms with Crippen molar-refractivity contribution in [2.24, 2.45) is 10.2 Å². The number of para-hydroxylation sites is 3. The number of hydrogen-bond donors (Lipinski definition) is 0. The first-order valence-electron chi connectivity index (χ1n) is 19.0. The number of rotatable bonds is 8. The molecule has 6 aromatic rings. The summed E-state index contributed by atoms with van der Waals surface area (Å²) >= 11 is 0. The van der Waals surface area contributed by atoms with Gasteiger partial charge in [0.15, 0.2) is 0 Å². The van der Waals surface area contributed by atoms with E-state index < -0.39 is 0 Å². The van der Waals surface area contributed by atoms with Crippen LogP contribution in [0.3, 0.4) is 0 Å². The maximum atomic E-state index is 6.44. The van der Waals surface area contributed by atoms with Gasteiger partial charge in [-0.15, -0.1) is 12.1 Å². The van der Waals surface area contributed by atoms with Gasteiger partial charge in [0.1, 0.15) is 22.5 Å². The average Bonchev–Trinajstić information content (AvgIpc) is 3.93. The molecule has 2 atom stereocenters. The second-order valence-corrected chi connectivity index (χ2v) is 15.2. The Morgan fingerprint density at radius 2 is 1.07 bits per heavy atom. The summed E-state index contributed by atoms with van der Waals surface area (Å²) < 4.78 is 10.6. The molecule has 0 saturated heterocycles. The maximum Gasteiger partial charge on any atom is 0.228 e. The standard InChI is InChI=1S/C27H26N2O.C21H24N2.Ir/c1-17(2)21-16-22-20-12-8-9-13-24(20)30-27(22)25(18(3)4)26(21)23-14-15-28-29(23)19-10-6-5-7-11-19;1-15(2)18-11-8-12-19(16(3)4)21(18)20-13-14-22-23(20)17-9-6-5-7-10-17;/h5-10,12-18,23H,1-4H3;5-9,11-16,20H,1-4H3;. The van der Waals surface area contributed by atoms with Crippen molar-refractivity contribution < 1.29 is 33.9 Å². The Balaban J connectivity index is 0.000000187. The first-order valence-corrected chi connectivity index (χ1v) is 19.0. The molecule has 0 N–H and O–H groups in total. The van der Waals surface area contributed by atoms with E-state index in [-0.39, 0.29) is 32.2 Å². The molecule has 0 aliphatic carbocycles. The zero-order chi connectivity index (χ0) is 37.2. The summed E-state index contributed by atoms with van der Waals surface area (Å²) in [6, 6.07) is 40.2. The summed E-state index contributed by atoms with van der Waals surface area (Å²) in [6.07, 6.45) is 8.19. The normalized spacial score (nSPS) is 16.4. The van der Waals surface area contributed by atoms with Crippen LogP contribution < -0.4 is 0 Å². The van der Waals surface area contributed by atoms with Crippen molar-refractivity contribution in [1.82, 2.24) is 0 Å². The van der Waals surface area contributed by atoms with E-state index >= 15 is 0 Å². The molecule has 2 unspecified atom stereocenters. The molecule has 1 aromatic heterocycles. The van der Waals surface area contributed by atoms with Gasteiger partial charge in [-0.25, -0.2) is 0 Å². The summed E-state index contributed by atoms with van der Waals surface area (Å²) in [6.45, 7) is 18.1. The Kier molecular flexibility index (Phi) is 12.1. The molecule has 0 bridgehead atoms. The zero-order valence-electron chi connectivity index (χ0n) is 32.5. The molecule has 2 aliphatic heterocycles. The van der Waals surface area contributed by atoms with Crippen LogP contribution in [0, 0.1) is 12.1 Å². The third-order valence-electron chi connectivity index (χ3n) is 10.3. The van der Waals surface area contributed by atoms with Gasteiger partial charge < -0.3 is 4.42 Å². The van der Waals surface area contributed by atoms with Crippen molar-refractivity contribution in [1.29, 1.82) is 0 Å². The van der Waals surface area contributed by atoms with Crippen molar-refractivity contribution in [2.45, 2.75) is 91.1 Å². The van der Waals surface area contributed by atoms with Gasteiger partial charge in [0.05, 0.1) is 12.4 Å². The SMILES string of the molecule is CC(C)c1cc2c(oc3ccccc32)c(C(C)C)c1C1C=CN=[N+]1c1[c-]cccc1.CC(C)c1cccc(C(C)C)c1C1C=CN=[N+]1c1[c-]cccc1.[Ir]. The van der Waals surface area contributed by atoms with E-state index in [9.17, 15) is 0 Å². The molecule has 3 heterocycles. The molecule has 277 valence electrons. The molecule has 5 aromatic carbocycles. The smallest absolute Gasteiger partial charge is 0.228 e. The molecule has 0 fully saturated rings. The Hall–Kier alpha value is -4.77. The van der Waals surface area contributed by atoms with E-state index in [4.69, 9.17) is 4.42 Å². The van der Waals surface area contributed by atoms with Gasteiger partial charge in [0, 0.05) is 59.7 Å². The van der Waals surface area contributed by atoms with E-state index in [0.29, 0.717) is 23.7 Å². The number of furan rings is 1. The predicted octanol–water partition coefficient (Wildman–Crippen LogP) is 14.1. The van der Waals surface area contributed by atoms with Crippen LogP contribution in [0.5, 0.6) is 0 Å². The van der Waals surface area contributed by atoms with Crippen molar-refractivity contribution in [3.05, 3.63) is 167 Å². The molecule has 0 spiro atoms. The molecule has 8 rings (SSSR count). The largest absolute Gasteiger partial charge is 0.456 e. The minimum absolute atomic E-state index is 0. The quantitative estimate of drug-likeness (QED) is 0.111. The van der Waals surface area contributed by atoms with E-state index in [1.807, 2.05) is 54.9 Å². The van der Waals surface area contributed by atoms with E-state index in [2.05, 4.69) is 154 Å². The Labute approximate surface area is 334 Å². The van der Waals surface area contributed by atoms with Crippen LogP contribution in [0.25, 0.3) is 21.9 Å². The van der Waals surface area contributed by atoms with Crippen LogP contribution >= 0.6 is 0 Å². The summed E-state index contributed by atoms with van der Waals surface area (Å²) in [4.78, 5) is 0. The van der Waals surface area contributed by atoms with Crippen molar-refractivity contribution in [2.75, 3.05) is 0 Å². The number of fused-ring (bicyclic) bond motifs is 3. The van der Waals surface area contributed by atoms with Gasteiger partial charge in [0.2, 0.25) is 12.1 Å². The second kappa shape index (κ2) is 16.7. The van der Waals surface area contributed by atoms with Crippen molar-refractivity contribution in [3.8, 4) is 0 Å². The van der Waals surface area contributed by atoms with Crippen LogP contribution in [-0.2, 0) is 20.1 Å². The molecule has 2 aliphatic rings. The predicted molar refractivity (Wildman–Crippen MR) is 216 cm³/mol. The zero-order valence-corrected chi connectivity index (χ0v) is 34.9. The minimum atomic E-state index is 0. The molecule has 6 heteroatoms. The number of hydrogen-bond acceptors (Lipinski definition) is 3. The molecule has 5 nitrogen and oxygen atoms in total. The third kappa shape index (κ3) is 7.47. The van der Waals surface area contributed by atoms with Crippen LogP contribution in [0.15, 0.2) is 136 Å². The van der Waals surface area contributed by atoms with Crippen LogP contribution in [0.1, 0.15) is 125 Å². The first-order chi connectivity index (χ1) is 25.7. The molecule has 0 amide bonds. The van der Waals surface area contributed by atoms with Crippen LogP contribution in [0.4, 0.5) is 11.4 Å². The van der Waals surface area contributed by atoms with Gasteiger partial charge in [-0.05, 0) is 62.7 Å². The Bertz CT molecular complexity index is 2340. The number of nitrogens with zero attached hydrogens (tertiary/aromatic N) is 4. The Morgan fingerprint density at radius 1 is 0.556 bits per heavy atom. The van der Waals surface area contributed by atoms with Gasteiger partial charge in [-0.2, -0.15) is 36.4 Å². The van der Waals surface area contributed by atoms with E-state index in [1.54, 1.807) is 0 Å². The molecular formula is C48H50IrN4O. The summed E-state index contributed by atoms with van der Waals surface area (Å²) in [5, 5.41) is 11.7. The van der Waals surface area contributed by atoms with Crippen LogP contribution in [-0.4, -0.2) is 9.39 Å². The average molecular weight is 891 g/mol. The topological polar surface area (TPSA) is 43.9 Å². The molecule has 0 saturated carbocycles. The number of azo groups is 4. The first kappa shape index (κ1) is 38.9.